The van der Waals surface area contributed by atoms with Crippen LogP contribution in [-0.4, -0.2) is 0 Å². The maximum absolute atomic E-state index is 2.66. The van der Waals surface area contributed by atoms with E-state index in [0.717, 1.165) is 0 Å². The standard InChI is InChI=1S/C34H52/c1-9-15-25-21-31-32-22-26(16-10-2)28(18-12-4)30(20-14-6)34(32)24(8)23(7)33(31)29(19-13-5)27(25)17-11-3/h21-24H,9-20H2,1-8H3. The predicted octanol–water partition coefficient (Wildman–Crippen LogP) is 10.3. The van der Waals surface area contributed by atoms with Crippen molar-refractivity contribution in [2.24, 2.45) is 0 Å². The fourth-order valence-electron chi connectivity index (χ4n) is 6.88. The van der Waals surface area contributed by atoms with Crippen LogP contribution < -0.4 is 0 Å². The molecule has 0 fully saturated rings. The number of rotatable bonds is 12. The van der Waals surface area contributed by atoms with E-state index in [4.69, 9.17) is 0 Å². The van der Waals surface area contributed by atoms with Gasteiger partial charge in [-0.2, -0.15) is 0 Å². The van der Waals surface area contributed by atoms with Gasteiger partial charge < -0.3 is 0 Å². The van der Waals surface area contributed by atoms with Gasteiger partial charge >= 0.3 is 0 Å². The summed E-state index contributed by atoms with van der Waals surface area (Å²) in [6.45, 7) is 19.2. The average Bonchev–Trinajstić information content (AvgIpc) is 2.81. The van der Waals surface area contributed by atoms with E-state index in [1.54, 1.807) is 55.6 Å². The first-order chi connectivity index (χ1) is 16.5. The molecule has 0 heterocycles. The topological polar surface area (TPSA) is 0 Å². The van der Waals surface area contributed by atoms with Gasteiger partial charge in [0.2, 0.25) is 0 Å². The molecule has 0 aliphatic heterocycles. The molecule has 2 aromatic rings. The quantitative estimate of drug-likeness (QED) is 0.295. The van der Waals surface area contributed by atoms with E-state index in [2.05, 4.69) is 67.5 Å². The van der Waals surface area contributed by atoms with Gasteiger partial charge in [0.1, 0.15) is 0 Å². The summed E-state index contributed by atoms with van der Waals surface area (Å²) in [5.74, 6) is 1.19. The second-order valence-corrected chi connectivity index (χ2v) is 11.0. The van der Waals surface area contributed by atoms with Gasteiger partial charge in [-0.1, -0.05) is 106 Å². The van der Waals surface area contributed by atoms with Gasteiger partial charge in [-0.25, -0.2) is 0 Å². The summed E-state index contributed by atoms with van der Waals surface area (Å²) in [4.78, 5) is 0. The van der Waals surface area contributed by atoms with E-state index >= 15 is 0 Å². The van der Waals surface area contributed by atoms with Crippen molar-refractivity contribution >= 4 is 0 Å². The van der Waals surface area contributed by atoms with Crippen molar-refractivity contribution in [3.05, 3.63) is 56.6 Å². The van der Waals surface area contributed by atoms with Crippen LogP contribution in [0.15, 0.2) is 12.1 Å². The smallest absolute Gasteiger partial charge is 0.0115 e. The highest BCUT2D eigenvalue weighted by atomic mass is 14.4. The second-order valence-electron chi connectivity index (χ2n) is 11.0. The molecule has 34 heavy (non-hydrogen) atoms. The van der Waals surface area contributed by atoms with Crippen LogP contribution >= 0.6 is 0 Å². The van der Waals surface area contributed by atoms with Crippen LogP contribution in [0.4, 0.5) is 0 Å². The molecule has 0 spiro atoms. The van der Waals surface area contributed by atoms with Crippen molar-refractivity contribution in [3.8, 4) is 11.1 Å². The molecule has 0 bridgehead atoms. The Kier molecular flexibility index (Phi) is 9.87. The van der Waals surface area contributed by atoms with E-state index in [0.29, 0.717) is 11.8 Å². The molecule has 0 aromatic heterocycles. The normalized spacial score (nSPS) is 17.1. The fraction of sp³-hybridized carbons (Fsp3) is 0.647. The first kappa shape index (κ1) is 27.0. The summed E-state index contributed by atoms with van der Waals surface area (Å²) in [5, 5.41) is 0. The Morgan fingerprint density at radius 3 is 1.03 bits per heavy atom. The van der Waals surface area contributed by atoms with Gasteiger partial charge in [0.15, 0.2) is 0 Å². The summed E-state index contributed by atoms with van der Waals surface area (Å²) in [7, 11) is 0. The molecular formula is C34H52. The molecule has 2 aromatic carbocycles. The number of fused-ring (bicyclic) bond motifs is 3. The van der Waals surface area contributed by atoms with Crippen LogP contribution in [0.3, 0.4) is 0 Å². The third-order valence-electron chi connectivity index (χ3n) is 8.36. The van der Waals surface area contributed by atoms with Crippen LogP contribution in [-0.2, 0) is 38.5 Å². The maximum atomic E-state index is 2.66. The third kappa shape index (κ3) is 5.03. The lowest BCUT2D eigenvalue weighted by Crippen LogP contribution is -2.21. The molecule has 1 aliphatic rings. The van der Waals surface area contributed by atoms with Crippen molar-refractivity contribution in [2.75, 3.05) is 0 Å². The van der Waals surface area contributed by atoms with Crippen LogP contribution in [0.2, 0.25) is 0 Å². The van der Waals surface area contributed by atoms with E-state index in [1.807, 2.05) is 0 Å². The van der Waals surface area contributed by atoms with Gasteiger partial charge in [0.25, 0.3) is 0 Å². The molecule has 2 unspecified atom stereocenters. The van der Waals surface area contributed by atoms with Gasteiger partial charge in [0.05, 0.1) is 0 Å². The number of hydrogen-bond donors (Lipinski definition) is 0. The minimum Gasteiger partial charge on any atom is -0.0651 e. The first-order valence-electron chi connectivity index (χ1n) is 14.8. The molecule has 0 nitrogen and oxygen atoms in total. The lowest BCUT2D eigenvalue weighted by Gasteiger charge is -2.38. The summed E-state index contributed by atoms with van der Waals surface area (Å²) in [6.07, 6.45) is 14.8. The molecule has 188 valence electrons. The Labute approximate surface area is 212 Å². The zero-order chi connectivity index (χ0) is 24.8. The molecule has 3 rings (SSSR count). The summed E-state index contributed by atoms with van der Waals surface area (Å²) in [6, 6.07) is 5.32. The summed E-state index contributed by atoms with van der Waals surface area (Å²) < 4.78 is 0. The highest BCUT2D eigenvalue weighted by Crippen LogP contribution is 2.52. The monoisotopic (exact) mass is 460 g/mol. The molecule has 0 heteroatoms. The molecule has 0 N–H and O–H groups in total. The molecule has 1 aliphatic carbocycles. The average molecular weight is 461 g/mol. The van der Waals surface area contributed by atoms with Crippen LogP contribution in [0.25, 0.3) is 11.1 Å². The summed E-state index contributed by atoms with van der Waals surface area (Å²) in [5.41, 5.74) is 16.8. The fourth-order valence-corrected chi connectivity index (χ4v) is 6.88. The van der Waals surface area contributed by atoms with E-state index < -0.39 is 0 Å². The van der Waals surface area contributed by atoms with Crippen molar-refractivity contribution < 1.29 is 0 Å². The van der Waals surface area contributed by atoms with Crippen molar-refractivity contribution in [3.63, 3.8) is 0 Å². The number of benzene rings is 2. The Balaban J connectivity index is 2.44. The minimum atomic E-state index is 0.595. The molecular weight excluding hydrogens is 408 g/mol. The maximum Gasteiger partial charge on any atom is -0.0115 e. The molecule has 0 radical (unpaired) electrons. The highest BCUT2D eigenvalue weighted by molar-refractivity contribution is 5.80. The highest BCUT2D eigenvalue weighted by Gasteiger charge is 2.34. The van der Waals surface area contributed by atoms with Crippen LogP contribution in [0, 0.1) is 0 Å². The predicted molar refractivity (Wildman–Crippen MR) is 153 cm³/mol. The Morgan fingerprint density at radius 2 is 0.735 bits per heavy atom. The molecule has 2 atom stereocenters. The van der Waals surface area contributed by atoms with Gasteiger partial charge in [0, 0.05) is 0 Å². The lowest BCUT2D eigenvalue weighted by atomic mass is 9.66. The van der Waals surface area contributed by atoms with Gasteiger partial charge in [-0.3, -0.25) is 0 Å². The van der Waals surface area contributed by atoms with E-state index in [-0.39, 0.29) is 0 Å². The summed E-state index contributed by atoms with van der Waals surface area (Å²) >= 11 is 0. The lowest BCUT2D eigenvalue weighted by molar-refractivity contribution is 0.597. The zero-order valence-electron chi connectivity index (χ0n) is 23.8. The third-order valence-corrected chi connectivity index (χ3v) is 8.36. The first-order valence-corrected chi connectivity index (χ1v) is 14.8. The Hall–Kier alpha value is -1.56. The molecule has 0 saturated heterocycles. The van der Waals surface area contributed by atoms with Crippen LogP contribution in [0.1, 0.15) is 150 Å². The van der Waals surface area contributed by atoms with Gasteiger partial charge in [-0.15, -0.1) is 0 Å². The number of aryl methyl sites for hydroxylation is 2. The van der Waals surface area contributed by atoms with E-state index in [1.165, 1.54) is 77.0 Å². The van der Waals surface area contributed by atoms with Crippen molar-refractivity contribution in [1.82, 2.24) is 0 Å². The van der Waals surface area contributed by atoms with Gasteiger partial charge in [-0.05, 0) is 106 Å². The zero-order valence-corrected chi connectivity index (χ0v) is 23.8. The Morgan fingerprint density at radius 1 is 0.441 bits per heavy atom. The van der Waals surface area contributed by atoms with Crippen molar-refractivity contribution in [2.45, 2.75) is 144 Å². The Bertz CT molecular complexity index is 881. The molecule has 0 amide bonds. The van der Waals surface area contributed by atoms with Crippen LogP contribution in [0.5, 0.6) is 0 Å². The number of hydrogen-bond acceptors (Lipinski definition) is 0. The second kappa shape index (κ2) is 12.4. The molecule has 0 saturated carbocycles. The minimum absolute atomic E-state index is 0.595. The SMILES string of the molecule is CCCc1cc2c(c(CCC)c1CCC)C(C)C(C)c1c-2cc(CCC)c(CCC)c1CCC. The van der Waals surface area contributed by atoms with E-state index in [9.17, 15) is 0 Å². The largest absolute Gasteiger partial charge is 0.0651 e. The van der Waals surface area contributed by atoms with Crippen molar-refractivity contribution in [1.29, 1.82) is 0 Å².